The second-order valence-electron chi connectivity index (χ2n) is 11.6. The highest BCUT2D eigenvalue weighted by molar-refractivity contribution is 6.30. The zero-order valence-electron chi connectivity index (χ0n) is 23.5. The van der Waals surface area contributed by atoms with Crippen LogP contribution in [0.4, 0.5) is 0 Å². The Labute approximate surface area is 247 Å². The lowest BCUT2D eigenvalue weighted by atomic mass is 9.75. The molecule has 3 amide bonds. The topological polar surface area (TPSA) is 87.7 Å². The molecule has 8 heteroatoms. The van der Waals surface area contributed by atoms with E-state index >= 15 is 0 Å². The van der Waals surface area contributed by atoms with Crippen molar-refractivity contribution in [1.82, 2.24) is 15.5 Å². The van der Waals surface area contributed by atoms with Gasteiger partial charge in [-0.3, -0.25) is 14.4 Å². The van der Waals surface area contributed by atoms with E-state index in [4.69, 9.17) is 16.3 Å². The van der Waals surface area contributed by atoms with Gasteiger partial charge >= 0.3 is 0 Å². The molecule has 0 unspecified atom stereocenters. The summed E-state index contributed by atoms with van der Waals surface area (Å²) in [4.78, 5) is 42.6. The third-order valence-electron chi connectivity index (χ3n) is 8.91. The molecule has 7 nitrogen and oxygen atoms in total. The highest BCUT2D eigenvalue weighted by Crippen LogP contribution is 2.36. The Morgan fingerprint density at radius 2 is 1.73 bits per heavy atom. The number of likely N-dealkylation sites (tertiary alicyclic amines) is 1. The number of rotatable bonds is 5. The van der Waals surface area contributed by atoms with Crippen LogP contribution in [0.2, 0.25) is 5.02 Å². The summed E-state index contributed by atoms with van der Waals surface area (Å²) in [6, 6.07) is 16.7. The largest absolute Gasteiger partial charge is 0.381 e. The minimum absolute atomic E-state index is 0.0697. The van der Waals surface area contributed by atoms with Gasteiger partial charge in [0.1, 0.15) is 6.04 Å². The van der Waals surface area contributed by atoms with Crippen LogP contribution in [0.5, 0.6) is 0 Å². The van der Waals surface area contributed by atoms with Crippen molar-refractivity contribution in [3.05, 3.63) is 82.9 Å². The van der Waals surface area contributed by atoms with Gasteiger partial charge in [0.15, 0.2) is 0 Å². The van der Waals surface area contributed by atoms with Crippen LogP contribution in [0.1, 0.15) is 49.7 Å². The van der Waals surface area contributed by atoms with Crippen LogP contribution in [0, 0.1) is 11.3 Å². The minimum Gasteiger partial charge on any atom is -0.381 e. The number of hydrogen-bond acceptors (Lipinski definition) is 4. The van der Waals surface area contributed by atoms with E-state index in [1.165, 1.54) is 0 Å². The predicted octanol–water partition coefficient (Wildman–Crippen LogP) is 4.48. The zero-order chi connectivity index (χ0) is 28.7. The molecule has 218 valence electrons. The maximum Gasteiger partial charge on any atom is 0.243 e. The van der Waals surface area contributed by atoms with Crippen LogP contribution < -0.4 is 10.6 Å². The van der Waals surface area contributed by atoms with Gasteiger partial charge in [-0.05, 0) is 61.8 Å². The molecule has 0 saturated carbocycles. The first-order valence-corrected chi connectivity index (χ1v) is 15.2. The van der Waals surface area contributed by atoms with E-state index in [9.17, 15) is 14.4 Å². The van der Waals surface area contributed by atoms with Crippen molar-refractivity contribution in [1.29, 1.82) is 0 Å². The fourth-order valence-corrected chi connectivity index (χ4v) is 6.39. The molecule has 0 aliphatic carbocycles. The number of fused-ring (bicyclic) bond motifs is 1. The van der Waals surface area contributed by atoms with E-state index in [0.717, 1.165) is 17.5 Å². The monoisotopic (exact) mass is 577 g/mol. The van der Waals surface area contributed by atoms with Gasteiger partial charge in [0, 0.05) is 56.1 Å². The summed E-state index contributed by atoms with van der Waals surface area (Å²) < 4.78 is 5.59. The van der Waals surface area contributed by atoms with Crippen molar-refractivity contribution >= 4 is 29.3 Å². The highest BCUT2D eigenvalue weighted by Gasteiger charge is 2.41. The Hall–Kier alpha value is -3.16. The number of carbonyl (C=O) groups excluding carboxylic acids is 3. The Morgan fingerprint density at radius 1 is 0.976 bits per heavy atom. The van der Waals surface area contributed by atoms with Crippen LogP contribution in [0.25, 0.3) is 0 Å². The van der Waals surface area contributed by atoms with Gasteiger partial charge in [-0.15, -0.1) is 0 Å². The van der Waals surface area contributed by atoms with Crippen LogP contribution >= 0.6 is 11.6 Å². The number of nitrogens with one attached hydrogen (secondary N) is 2. The molecule has 0 aromatic heterocycles. The summed E-state index contributed by atoms with van der Waals surface area (Å²) in [5, 5.41) is 7.11. The maximum absolute atomic E-state index is 13.7. The highest BCUT2D eigenvalue weighted by atomic mass is 35.5. The van der Waals surface area contributed by atoms with Gasteiger partial charge in [-0.2, -0.15) is 0 Å². The fraction of sp³-hybridized carbons (Fsp3) is 0.485. The van der Waals surface area contributed by atoms with Gasteiger partial charge in [-0.25, -0.2) is 0 Å². The molecule has 2 N–H and O–H groups in total. The normalized spacial score (nSPS) is 25.7. The first-order chi connectivity index (χ1) is 19.9. The Balaban J connectivity index is 1.31. The summed E-state index contributed by atoms with van der Waals surface area (Å²) in [5.41, 5.74) is 1.50. The number of carbonyl (C=O) groups is 3. The average molecular weight is 578 g/mol. The van der Waals surface area contributed by atoms with Crippen molar-refractivity contribution in [3.63, 3.8) is 0 Å². The molecule has 3 aliphatic heterocycles. The van der Waals surface area contributed by atoms with Gasteiger partial charge < -0.3 is 20.3 Å². The molecule has 41 heavy (non-hydrogen) atoms. The quantitative estimate of drug-likeness (QED) is 0.513. The minimum atomic E-state index is -0.673. The summed E-state index contributed by atoms with van der Waals surface area (Å²) in [7, 11) is 0. The lowest BCUT2D eigenvalue weighted by molar-refractivity contribution is -0.140. The molecule has 5 rings (SSSR count). The maximum atomic E-state index is 13.7. The number of hydrogen-bond donors (Lipinski definition) is 2. The van der Waals surface area contributed by atoms with Gasteiger partial charge in [-0.1, -0.05) is 66.2 Å². The fourth-order valence-electron chi connectivity index (χ4n) is 6.27. The second kappa shape index (κ2) is 13.7. The van der Waals surface area contributed by atoms with E-state index in [-0.39, 0.29) is 29.7 Å². The third-order valence-corrected chi connectivity index (χ3v) is 9.16. The molecular weight excluding hydrogens is 538 g/mol. The number of halogens is 1. The predicted molar refractivity (Wildman–Crippen MR) is 159 cm³/mol. The molecule has 0 bridgehead atoms. The molecular formula is C33H40ClN3O4. The first kappa shape index (κ1) is 29.3. The molecule has 2 fully saturated rings. The molecule has 2 aromatic rings. The van der Waals surface area contributed by atoms with Crippen molar-refractivity contribution < 1.29 is 19.1 Å². The number of aryl methyl sites for hydroxylation is 1. The van der Waals surface area contributed by atoms with Crippen LogP contribution in [-0.2, 0) is 32.0 Å². The van der Waals surface area contributed by atoms with E-state index in [2.05, 4.69) is 22.8 Å². The lowest BCUT2D eigenvalue weighted by Crippen LogP contribution is -2.58. The first-order valence-electron chi connectivity index (χ1n) is 14.8. The van der Waals surface area contributed by atoms with Crippen LogP contribution in [0.15, 0.2) is 66.7 Å². The molecule has 2 aromatic carbocycles. The third kappa shape index (κ3) is 7.57. The van der Waals surface area contributed by atoms with Crippen molar-refractivity contribution in [2.45, 2.75) is 63.5 Å². The second-order valence-corrected chi connectivity index (χ2v) is 12.1. The van der Waals surface area contributed by atoms with Gasteiger partial charge in [0.2, 0.25) is 17.7 Å². The van der Waals surface area contributed by atoms with Crippen LogP contribution in [-0.4, -0.2) is 61.0 Å². The summed E-state index contributed by atoms with van der Waals surface area (Å²) in [6.45, 7) is 2.27. The smallest absolute Gasteiger partial charge is 0.243 e. The van der Waals surface area contributed by atoms with Gasteiger partial charge in [0.25, 0.3) is 0 Å². The Morgan fingerprint density at radius 3 is 2.49 bits per heavy atom. The summed E-state index contributed by atoms with van der Waals surface area (Å²) in [5.74, 6) is 0.00279. The lowest BCUT2D eigenvalue weighted by Gasteiger charge is -2.40. The standard InChI is InChI=1S/C33H40ClN3O4/c34-27-12-9-24(10-13-27)11-14-30(38)37-19-15-28-26(23-37)8-4-5-16-33(17-20-41-21-18-33)32(40)36-29(31(39)35-28)22-25-6-2-1-3-7-25/h1-7,9-10,12-13,26,28-29H,8,11,14-23H2,(H,35,39)(H,36,40)/b5-4+/t26-,28+,29-/m1/s1. The number of benzene rings is 2. The number of nitrogens with zero attached hydrogens (tertiary/aromatic N) is 1. The number of allylic oxidation sites excluding steroid dienone is 2. The number of ether oxygens (including phenoxy) is 1. The number of piperidine rings is 1. The number of amides is 3. The Kier molecular flexibility index (Phi) is 9.78. The van der Waals surface area contributed by atoms with Crippen molar-refractivity contribution in [3.8, 4) is 0 Å². The summed E-state index contributed by atoms with van der Waals surface area (Å²) in [6.07, 6.45) is 9.10. The molecule has 3 aliphatic rings. The van der Waals surface area contributed by atoms with Gasteiger partial charge in [0.05, 0.1) is 5.41 Å². The van der Waals surface area contributed by atoms with E-state index in [1.807, 2.05) is 59.5 Å². The molecule has 3 heterocycles. The molecule has 2 saturated heterocycles. The Bertz CT molecular complexity index is 1230. The van der Waals surface area contributed by atoms with E-state index < -0.39 is 11.5 Å². The van der Waals surface area contributed by atoms with Crippen LogP contribution in [0.3, 0.4) is 0 Å². The summed E-state index contributed by atoms with van der Waals surface area (Å²) >= 11 is 6.00. The van der Waals surface area contributed by atoms with E-state index in [0.29, 0.717) is 76.3 Å². The molecule has 1 spiro atoms. The zero-order valence-corrected chi connectivity index (χ0v) is 24.3. The molecule has 3 atom stereocenters. The van der Waals surface area contributed by atoms with Crippen molar-refractivity contribution in [2.24, 2.45) is 11.3 Å². The molecule has 0 radical (unpaired) electrons. The average Bonchev–Trinajstić information content (AvgIpc) is 2.99. The SMILES string of the molecule is O=C1N[C@H]2CCN(C(=O)CCc3ccc(Cl)cc3)C[C@H]2C/C=C/CC2(CCOCC2)C(=O)N[C@@H]1Cc1ccccc1. The van der Waals surface area contributed by atoms with Crippen molar-refractivity contribution in [2.75, 3.05) is 26.3 Å². The van der Waals surface area contributed by atoms with E-state index in [1.54, 1.807) is 0 Å².